The summed E-state index contributed by atoms with van der Waals surface area (Å²) in [5.41, 5.74) is 9.13. The number of likely N-dealkylation sites (tertiary alicyclic amines) is 1. The van der Waals surface area contributed by atoms with Gasteiger partial charge in [0.15, 0.2) is 0 Å². The summed E-state index contributed by atoms with van der Waals surface area (Å²) in [4.78, 5) is 14.2. The molecule has 5 heteroatoms. The van der Waals surface area contributed by atoms with Crippen LogP contribution < -0.4 is 10.6 Å². The van der Waals surface area contributed by atoms with Gasteiger partial charge < -0.3 is 15.5 Å². The first-order valence-electron chi connectivity index (χ1n) is 9.64. The van der Waals surface area contributed by atoms with Crippen LogP contribution in [0, 0.1) is 5.92 Å². The van der Waals surface area contributed by atoms with Crippen LogP contribution in [0.3, 0.4) is 0 Å². The molecule has 0 radical (unpaired) electrons. The molecule has 24 heavy (non-hydrogen) atoms. The Hall–Kier alpha value is -1.36. The Labute approximate surface area is 145 Å². The number of fused-ring (bicyclic) bond motifs is 2. The zero-order valence-electron chi connectivity index (χ0n) is 15.2. The lowest BCUT2D eigenvalue weighted by Gasteiger charge is -2.37. The minimum absolute atomic E-state index is 0.299. The minimum atomic E-state index is 0.299. The quantitative estimate of drug-likeness (QED) is 0.924. The lowest BCUT2D eigenvalue weighted by Crippen LogP contribution is -2.34. The van der Waals surface area contributed by atoms with Gasteiger partial charge in [0.25, 0.3) is 0 Å². The number of hydrogen-bond donors (Lipinski definition) is 1. The Morgan fingerprint density at radius 2 is 1.96 bits per heavy atom. The van der Waals surface area contributed by atoms with E-state index in [1.807, 2.05) is 0 Å². The Morgan fingerprint density at radius 1 is 1.21 bits per heavy atom. The van der Waals surface area contributed by atoms with Crippen LogP contribution >= 0.6 is 0 Å². The Balaban J connectivity index is 1.65. The van der Waals surface area contributed by atoms with Gasteiger partial charge in [0.1, 0.15) is 5.82 Å². The fourth-order valence-electron chi connectivity index (χ4n) is 5.38. The largest absolute Gasteiger partial charge is 0.368 e. The van der Waals surface area contributed by atoms with Crippen molar-refractivity contribution >= 4 is 11.8 Å². The van der Waals surface area contributed by atoms with E-state index in [0.717, 1.165) is 24.7 Å². The predicted octanol–water partition coefficient (Wildman–Crippen LogP) is 2.59. The molecule has 1 spiro atoms. The molecule has 4 rings (SSSR count). The second-order valence-electron chi connectivity index (χ2n) is 8.37. The van der Waals surface area contributed by atoms with Crippen LogP contribution in [0.25, 0.3) is 0 Å². The van der Waals surface area contributed by atoms with Gasteiger partial charge in [0, 0.05) is 31.1 Å². The van der Waals surface area contributed by atoms with E-state index in [4.69, 9.17) is 10.7 Å². The van der Waals surface area contributed by atoms with Crippen LogP contribution in [0.2, 0.25) is 0 Å². The first-order valence-corrected chi connectivity index (χ1v) is 9.64. The van der Waals surface area contributed by atoms with Gasteiger partial charge in [-0.05, 0) is 58.0 Å². The molecule has 2 heterocycles. The highest BCUT2D eigenvalue weighted by molar-refractivity contribution is 5.54. The lowest BCUT2D eigenvalue weighted by atomic mass is 9.71. The molecular formula is C19H31N5. The highest BCUT2D eigenvalue weighted by atomic mass is 15.2. The predicted molar refractivity (Wildman–Crippen MR) is 98.4 cm³/mol. The number of rotatable bonds is 3. The highest BCUT2D eigenvalue weighted by Crippen LogP contribution is 2.49. The number of aromatic nitrogens is 2. The van der Waals surface area contributed by atoms with Gasteiger partial charge in [-0.3, -0.25) is 0 Å². The zero-order valence-corrected chi connectivity index (χ0v) is 15.2. The molecule has 1 atom stereocenters. The summed E-state index contributed by atoms with van der Waals surface area (Å²) >= 11 is 0. The van der Waals surface area contributed by atoms with E-state index >= 15 is 0 Å². The molecule has 2 aliphatic carbocycles. The van der Waals surface area contributed by atoms with Gasteiger partial charge in [0.2, 0.25) is 5.95 Å². The fraction of sp³-hybridized carbons (Fsp3) is 0.789. The molecule has 1 aliphatic heterocycles. The monoisotopic (exact) mass is 329 g/mol. The average molecular weight is 329 g/mol. The van der Waals surface area contributed by atoms with Crippen molar-refractivity contribution < 1.29 is 0 Å². The molecule has 132 valence electrons. The third kappa shape index (κ3) is 2.77. The maximum atomic E-state index is 6.14. The number of nitrogens with zero attached hydrogens (tertiary/aromatic N) is 4. The van der Waals surface area contributed by atoms with Gasteiger partial charge >= 0.3 is 0 Å². The molecular weight excluding hydrogens is 298 g/mol. The van der Waals surface area contributed by atoms with E-state index in [2.05, 4.69) is 28.9 Å². The molecule has 5 nitrogen and oxygen atoms in total. The third-order valence-electron chi connectivity index (χ3n) is 6.53. The van der Waals surface area contributed by atoms with Crippen molar-refractivity contribution in [2.75, 3.05) is 44.4 Å². The number of anilines is 2. The van der Waals surface area contributed by atoms with Crippen molar-refractivity contribution in [2.45, 2.75) is 56.8 Å². The molecule has 0 aromatic carbocycles. The van der Waals surface area contributed by atoms with E-state index < -0.39 is 0 Å². The number of hydrogen-bond acceptors (Lipinski definition) is 5. The van der Waals surface area contributed by atoms with Gasteiger partial charge in [0.05, 0.1) is 5.69 Å². The highest BCUT2D eigenvalue weighted by Gasteiger charge is 2.42. The van der Waals surface area contributed by atoms with E-state index in [1.165, 1.54) is 69.3 Å². The maximum absolute atomic E-state index is 6.14. The van der Waals surface area contributed by atoms with Crippen LogP contribution in [-0.4, -0.2) is 48.6 Å². The SMILES string of the molecule is CN1CCC(CN(C)c2nc(N)nc3c2CCCC32CCCC2)C1. The second-order valence-corrected chi connectivity index (χ2v) is 8.37. The average Bonchev–Trinajstić information content (AvgIpc) is 3.18. The van der Waals surface area contributed by atoms with Gasteiger partial charge in [-0.15, -0.1) is 0 Å². The van der Waals surface area contributed by atoms with E-state index in [9.17, 15) is 0 Å². The molecule has 2 N–H and O–H groups in total. The normalized spacial score (nSPS) is 26.0. The molecule has 1 aromatic heterocycles. The van der Waals surface area contributed by atoms with Crippen molar-refractivity contribution in [3.8, 4) is 0 Å². The Morgan fingerprint density at radius 3 is 2.67 bits per heavy atom. The number of nitrogens with two attached hydrogens (primary N) is 1. The van der Waals surface area contributed by atoms with Crippen LogP contribution in [0.4, 0.5) is 11.8 Å². The van der Waals surface area contributed by atoms with Gasteiger partial charge in [-0.25, -0.2) is 4.98 Å². The molecule has 0 amide bonds. The summed E-state index contributed by atoms with van der Waals surface area (Å²) in [5, 5.41) is 0. The topological polar surface area (TPSA) is 58.3 Å². The number of nitrogen functional groups attached to an aromatic ring is 1. The van der Waals surface area contributed by atoms with Crippen LogP contribution in [-0.2, 0) is 11.8 Å². The second kappa shape index (κ2) is 6.17. The van der Waals surface area contributed by atoms with Gasteiger partial charge in [-0.2, -0.15) is 4.98 Å². The van der Waals surface area contributed by atoms with Crippen molar-refractivity contribution in [1.29, 1.82) is 0 Å². The van der Waals surface area contributed by atoms with Crippen molar-refractivity contribution in [2.24, 2.45) is 5.92 Å². The Kier molecular flexibility index (Phi) is 4.15. The standard InChI is InChI=1S/C19H31N5/c1-23-11-7-14(12-23)13-24(2)17-15-6-5-10-19(8-3-4-9-19)16(15)21-18(20)22-17/h14H,3-13H2,1-2H3,(H2,20,21,22). The summed E-state index contributed by atoms with van der Waals surface area (Å²) in [6, 6.07) is 0. The molecule has 2 fully saturated rings. The maximum Gasteiger partial charge on any atom is 0.222 e. The zero-order chi connectivity index (χ0) is 16.7. The first kappa shape index (κ1) is 16.1. The van der Waals surface area contributed by atoms with Crippen LogP contribution in [0.5, 0.6) is 0 Å². The lowest BCUT2D eigenvalue weighted by molar-refractivity contribution is 0.357. The first-order chi connectivity index (χ1) is 11.6. The van der Waals surface area contributed by atoms with E-state index in [-0.39, 0.29) is 0 Å². The summed E-state index contributed by atoms with van der Waals surface area (Å²) in [7, 11) is 4.41. The van der Waals surface area contributed by atoms with Gasteiger partial charge in [-0.1, -0.05) is 12.8 Å². The smallest absolute Gasteiger partial charge is 0.222 e. The third-order valence-corrected chi connectivity index (χ3v) is 6.53. The minimum Gasteiger partial charge on any atom is -0.368 e. The molecule has 1 unspecified atom stereocenters. The van der Waals surface area contributed by atoms with Crippen molar-refractivity contribution in [3.63, 3.8) is 0 Å². The molecule has 1 aromatic rings. The summed E-state index contributed by atoms with van der Waals surface area (Å²) in [6.07, 6.45) is 10.2. The van der Waals surface area contributed by atoms with E-state index in [0.29, 0.717) is 11.4 Å². The molecule has 1 saturated carbocycles. The molecule has 3 aliphatic rings. The van der Waals surface area contributed by atoms with Crippen LogP contribution in [0.1, 0.15) is 56.2 Å². The summed E-state index contributed by atoms with van der Waals surface area (Å²) < 4.78 is 0. The van der Waals surface area contributed by atoms with Crippen LogP contribution in [0.15, 0.2) is 0 Å². The van der Waals surface area contributed by atoms with E-state index in [1.54, 1.807) is 0 Å². The molecule has 0 bridgehead atoms. The Bertz CT molecular complexity index is 608. The molecule has 1 saturated heterocycles. The fourth-order valence-corrected chi connectivity index (χ4v) is 5.38. The summed E-state index contributed by atoms with van der Waals surface area (Å²) in [6.45, 7) is 3.48. The van der Waals surface area contributed by atoms with Crippen molar-refractivity contribution in [1.82, 2.24) is 14.9 Å². The van der Waals surface area contributed by atoms with Crippen molar-refractivity contribution in [3.05, 3.63) is 11.3 Å². The summed E-state index contributed by atoms with van der Waals surface area (Å²) in [5.74, 6) is 2.31.